The number of nitrogens with zero attached hydrogens (tertiary/aromatic N) is 2. The quantitative estimate of drug-likeness (QED) is 0.767. The summed E-state index contributed by atoms with van der Waals surface area (Å²) >= 11 is 0. The van der Waals surface area contributed by atoms with Gasteiger partial charge in [0.25, 0.3) is 5.91 Å². The minimum Gasteiger partial charge on any atom is -0.478 e. The van der Waals surface area contributed by atoms with E-state index in [2.05, 4.69) is 10.3 Å². The first-order valence-electron chi connectivity index (χ1n) is 7.74. The van der Waals surface area contributed by atoms with E-state index in [1.807, 2.05) is 0 Å². The molecule has 1 aromatic carbocycles. The second kappa shape index (κ2) is 6.19. The van der Waals surface area contributed by atoms with Crippen LogP contribution in [0.15, 0.2) is 12.1 Å². The molecule has 0 aliphatic rings. The SMILES string of the molecule is Cc1nc2cc(C(=O)NC(C(N)=O)C(C)(C)C)c(C(=O)O)cc2n1C. The summed E-state index contributed by atoms with van der Waals surface area (Å²) in [6.07, 6.45) is 0. The second-order valence-electron chi connectivity index (χ2n) is 7.08. The third-order valence-corrected chi connectivity index (χ3v) is 4.14. The molecule has 0 saturated heterocycles. The minimum absolute atomic E-state index is 0.0615. The molecule has 2 aromatic rings. The van der Waals surface area contributed by atoms with E-state index in [9.17, 15) is 19.5 Å². The Hall–Kier alpha value is -2.90. The monoisotopic (exact) mass is 346 g/mol. The molecule has 0 saturated carbocycles. The molecule has 0 aliphatic heterocycles. The van der Waals surface area contributed by atoms with Gasteiger partial charge in [0.15, 0.2) is 0 Å². The number of carboxylic acids is 1. The fraction of sp³-hybridized carbons (Fsp3) is 0.412. The molecule has 1 atom stereocenters. The standard InChI is InChI=1S/C17H22N4O4/c1-8-19-11-6-9(10(16(24)25)7-12(11)21(8)5)15(23)20-13(14(18)22)17(2,3)4/h6-7,13H,1-5H3,(H2,18,22)(H,20,23)(H,24,25). The van der Waals surface area contributed by atoms with Gasteiger partial charge in [-0.25, -0.2) is 9.78 Å². The number of rotatable bonds is 4. The van der Waals surface area contributed by atoms with Crippen LogP contribution in [0.1, 0.15) is 47.3 Å². The zero-order chi connectivity index (χ0) is 19.1. The summed E-state index contributed by atoms with van der Waals surface area (Å²) in [5.74, 6) is -1.92. The van der Waals surface area contributed by atoms with Gasteiger partial charge in [0.2, 0.25) is 5.91 Å². The Kier molecular flexibility index (Phi) is 4.57. The number of aryl methyl sites for hydroxylation is 2. The van der Waals surface area contributed by atoms with Gasteiger partial charge in [0.05, 0.1) is 22.2 Å². The molecule has 2 amide bonds. The van der Waals surface area contributed by atoms with Crippen molar-refractivity contribution in [3.63, 3.8) is 0 Å². The number of hydrogen-bond donors (Lipinski definition) is 3. The predicted molar refractivity (Wildman–Crippen MR) is 92.3 cm³/mol. The number of carbonyl (C=O) groups excluding carboxylic acids is 2. The number of nitrogens with one attached hydrogen (secondary N) is 1. The number of carboxylic acid groups (broad SMARTS) is 1. The Bertz CT molecular complexity index is 877. The lowest BCUT2D eigenvalue weighted by Gasteiger charge is -2.28. The number of fused-ring (bicyclic) bond motifs is 1. The van der Waals surface area contributed by atoms with Crippen LogP contribution in [-0.4, -0.2) is 38.5 Å². The molecule has 1 unspecified atom stereocenters. The Labute approximate surface area is 145 Å². The van der Waals surface area contributed by atoms with Crippen LogP contribution in [0, 0.1) is 12.3 Å². The highest BCUT2D eigenvalue weighted by atomic mass is 16.4. The lowest BCUT2D eigenvalue weighted by molar-refractivity contribution is -0.122. The summed E-state index contributed by atoms with van der Waals surface area (Å²) in [5, 5.41) is 12.0. The van der Waals surface area contributed by atoms with Crippen molar-refractivity contribution in [2.75, 3.05) is 0 Å². The van der Waals surface area contributed by atoms with Crippen LogP contribution in [0.25, 0.3) is 11.0 Å². The molecular weight excluding hydrogens is 324 g/mol. The maximum Gasteiger partial charge on any atom is 0.336 e. The molecular formula is C17H22N4O4. The van der Waals surface area contributed by atoms with E-state index in [1.165, 1.54) is 12.1 Å². The summed E-state index contributed by atoms with van der Waals surface area (Å²) in [5.41, 5.74) is 5.64. The van der Waals surface area contributed by atoms with E-state index in [1.54, 1.807) is 39.3 Å². The molecule has 4 N–H and O–H groups in total. The Morgan fingerprint density at radius 2 is 1.84 bits per heavy atom. The summed E-state index contributed by atoms with van der Waals surface area (Å²) in [4.78, 5) is 40.2. The third kappa shape index (κ3) is 3.47. The van der Waals surface area contributed by atoms with Gasteiger partial charge in [-0.1, -0.05) is 20.8 Å². The summed E-state index contributed by atoms with van der Waals surface area (Å²) in [7, 11) is 1.76. The van der Waals surface area contributed by atoms with Crippen LogP contribution in [-0.2, 0) is 11.8 Å². The molecule has 0 bridgehead atoms. The summed E-state index contributed by atoms with van der Waals surface area (Å²) in [6, 6.07) is 1.88. The van der Waals surface area contributed by atoms with Crippen LogP contribution in [0.3, 0.4) is 0 Å². The van der Waals surface area contributed by atoms with Gasteiger partial charge < -0.3 is 20.7 Å². The van der Waals surface area contributed by atoms with Crippen LogP contribution in [0.2, 0.25) is 0 Å². The average molecular weight is 346 g/mol. The van der Waals surface area contributed by atoms with E-state index in [0.717, 1.165) is 0 Å². The van der Waals surface area contributed by atoms with Crippen LogP contribution in [0.4, 0.5) is 0 Å². The van der Waals surface area contributed by atoms with Gasteiger partial charge in [0.1, 0.15) is 11.9 Å². The van der Waals surface area contributed by atoms with E-state index >= 15 is 0 Å². The summed E-state index contributed by atoms with van der Waals surface area (Å²) < 4.78 is 1.74. The number of nitrogens with two attached hydrogens (primary N) is 1. The van der Waals surface area contributed by atoms with Crippen molar-refractivity contribution in [2.45, 2.75) is 33.7 Å². The number of imidazole rings is 1. The van der Waals surface area contributed by atoms with Crippen molar-refractivity contribution >= 4 is 28.8 Å². The highest BCUT2D eigenvalue weighted by Crippen LogP contribution is 2.23. The zero-order valence-corrected chi connectivity index (χ0v) is 14.9. The highest BCUT2D eigenvalue weighted by molar-refractivity contribution is 6.08. The van der Waals surface area contributed by atoms with Crippen molar-refractivity contribution < 1.29 is 19.5 Å². The first kappa shape index (κ1) is 18.4. The lowest BCUT2D eigenvalue weighted by atomic mass is 9.86. The van der Waals surface area contributed by atoms with E-state index < -0.39 is 29.2 Å². The van der Waals surface area contributed by atoms with Gasteiger partial charge >= 0.3 is 5.97 Å². The number of hydrogen-bond acceptors (Lipinski definition) is 4. The Morgan fingerprint density at radius 1 is 1.24 bits per heavy atom. The smallest absolute Gasteiger partial charge is 0.336 e. The molecule has 25 heavy (non-hydrogen) atoms. The van der Waals surface area contributed by atoms with Crippen molar-refractivity contribution in [1.29, 1.82) is 0 Å². The van der Waals surface area contributed by atoms with Gasteiger partial charge in [-0.3, -0.25) is 9.59 Å². The third-order valence-electron chi connectivity index (χ3n) is 4.14. The van der Waals surface area contributed by atoms with Gasteiger partial charge in [-0.05, 0) is 24.5 Å². The predicted octanol–water partition coefficient (Wildman–Crippen LogP) is 1.21. The van der Waals surface area contributed by atoms with E-state index in [-0.39, 0.29) is 11.1 Å². The van der Waals surface area contributed by atoms with Crippen LogP contribution in [0.5, 0.6) is 0 Å². The van der Waals surface area contributed by atoms with Gasteiger partial charge in [0, 0.05) is 7.05 Å². The van der Waals surface area contributed by atoms with Crippen LogP contribution >= 0.6 is 0 Å². The van der Waals surface area contributed by atoms with E-state index in [0.29, 0.717) is 16.9 Å². The maximum atomic E-state index is 12.7. The molecule has 8 heteroatoms. The van der Waals surface area contributed by atoms with E-state index in [4.69, 9.17) is 5.73 Å². The molecule has 1 heterocycles. The van der Waals surface area contributed by atoms with Gasteiger partial charge in [-0.2, -0.15) is 0 Å². The fourth-order valence-electron chi connectivity index (χ4n) is 2.65. The molecule has 2 rings (SSSR count). The zero-order valence-electron chi connectivity index (χ0n) is 14.9. The first-order valence-corrected chi connectivity index (χ1v) is 7.74. The number of aromatic carboxylic acids is 1. The lowest BCUT2D eigenvalue weighted by Crippen LogP contribution is -2.52. The summed E-state index contributed by atoms with van der Waals surface area (Å²) in [6.45, 7) is 7.05. The number of primary amides is 1. The molecule has 1 aromatic heterocycles. The molecule has 134 valence electrons. The van der Waals surface area contributed by atoms with Crippen LogP contribution < -0.4 is 11.1 Å². The first-order chi connectivity index (χ1) is 11.4. The number of benzene rings is 1. The molecule has 0 fully saturated rings. The van der Waals surface area contributed by atoms with Crippen molar-refractivity contribution in [2.24, 2.45) is 18.2 Å². The molecule has 0 radical (unpaired) electrons. The highest BCUT2D eigenvalue weighted by Gasteiger charge is 2.32. The fourth-order valence-corrected chi connectivity index (χ4v) is 2.65. The average Bonchev–Trinajstić information content (AvgIpc) is 2.76. The van der Waals surface area contributed by atoms with Crippen molar-refractivity contribution in [1.82, 2.24) is 14.9 Å². The topological polar surface area (TPSA) is 127 Å². The molecule has 0 aliphatic carbocycles. The maximum absolute atomic E-state index is 12.7. The number of amides is 2. The second-order valence-corrected chi connectivity index (χ2v) is 7.08. The van der Waals surface area contributed by atoms with Crippen molar-refractivity contribution in [3.05, 3.63) is 29.1 Å². The molecule has 8 nitrogen and oxygen atoms in total. The van der Waals surface area contributed by atoms with Gasteiger partial charge in [-0.15, -0.1) is 0 Å². The minimum atomic E-state index is -1.24. The van der Waals surface area contributed by atoms with Crippen molar-refractivity contribution in [3.8, 4) is 0 Å². The Morgan fingerprint density at radius 3 is 2.32 bits per heavy atom. The normalized spacial score (nSPS) is 12.8. The number of carbonyl (C=O) groups is 3. The molecule has 0 spiro atoms. The number of aromatic nitrogens is 2. The Balaban J connectivity index is 2.55. The largest absolute Gasteiger partial charge is 0.478 e.